The third-order valence-corrected chi connectivity index (χ3v) is 4.25. The first kappa shape index (κ1) is 19.4. The number of ether oxygens (including phenoxy) is 1. The summed E-state index contributed by atoms with van der Waals surface area (Å²) < 4.78 is 5.45. The van der Waals surface area contributed by atoms with Crippen LogP contribution in [0.4, 0.5) is 5.69 Å². The summed E-state index contributed by atoms with van der Waals surface area (Å²) in [6.45, 7) is 8.73. The molecule has 0 saturated carbocycles. The number of nitrogens with one attached hydrogen (secondary N) is 1. The van der Waals surface area contributed by atoms with Crippen LogP contribution in [0.5, 0.6) is 0 Å². The molecule has 1 N–H and O–H groups in total. The van der Waals surface area contributed by atoms with Gasteiger partial charge in [-0.15, -0.1) is 0 Å². The molecule has 0 aliphatic carbocycles. The molecular weight excluding hydrogens is 330 g/mol. The lowest BCUT2D eigenvalue weighted by Crippen LogP contribution is -2.11. The van der Waals surface area contributed by atoms with Crippen LogP contribution in [0, 0.1) is 20.8 Å². The lowest BCUT2D eigenvalue weighted by atomic mass is 9.92. The molecule has 5 heteroatoms. The van der Waals surface area contributed by atoms with Gasteiger partial charge in [0.25, 0.3) is 0 Å². The van der Waals surface area contributed by atoms with Crippen molar-refractivity contribution in [1.29, 1.82) is 0 Å². The smallest absolute Gasteiger partial charge is 0.338 e. The van der Waals surface area contributed by atoms with E-state index in [1.165, 1.54) is 13.8 Å². The van der Waals surface area contributed by atoms with Crippen LogP contribution >= 0.6 is 0 Å². The van der Waals surface area contributed by atoms with Gasteiger partial charge in [0.2, 0.25) is 5.91 Å². The van der Waals surface area contributed by atoms with Gasteiger partial charge in [-0.25, -0.2) is 4.79 Å². The van der Waals surface area contributed by atoms with Gasteiger partial charge < -0.3 is 10.1 Å². The van der Waals surface area contributed by atoms with Crippen LogP contribution in [0.2, 0.25) is 0 Å². The maximum atomic E-state index is 12.4. The topological polar surface area (TPSA) is 72.5 Å². The van der Waals surface area contributed by atoms with Crippen LogP contribution in [0.15, 0.2) is 30.3 Å². The van der Waals surface area contributed by atoms with E-state index in [-0.39, 0.29) is 18.3 Å². The Kier molecular flexibility index (Phi) is 5.93. The zero-order chi connectivity index (χ0) is 19.4. The van der Waals surface area contributed by atoms with Crippen LogP contribution in [-0.2, 0) is 16.1 Å². The highest BCUT2D eigenvalue weighted by Gasteiger charge is 2.16. The van der Waals surface area contributed by atoms with Gasteiger partial charge in [0, 0.05) is 18.2 Å². The monoisotopic (exact) mass is 353 g/mol. The van der Waals surface area contributed by atoms with E-state index in [0.29, 0.717) is 16.8 Å². The molecule has 5 nitrogen and oxygen atoms in total. The van der Waals surface area contributed by atoms with Crippen LogP contribution < -0.4 is 5.32 Å². The number of ketones is 1. The molecule has 0 radical (unpaired) electrons. The van der Waals surface area contributed by atoms with Crippen molar-refractivity contribution in [2.24, 2.45) is 0 Å². The maximum Gasteiger partial charge on any atom is 0.338 e. The molecule has 136 valence electrons. The predicted octanol–water partition coefficient (Wildman–Crippen LogP) is 4.13. The first-order valence-electron chi connectivity index (χ1n) is 8.36. The first-order chi connectivity index (χ1) is 12.2. The minimum Gasteiger partial charge on any atom is -0.457 e. The van der Waals surface area contributed by atoms with E-state index >= 15 is 0 Å². The Bertz CT molecular complexity index is 884. The van der Waals surface area contributed by atoms with Crippen molar-refractivity contribution in [1.82, 2.24) is 0 Å². The standard InChI is InChI=1S/C21H23NO4/c1-12-9-13(2)20(15(4)23)14(3)19(12)11-26-21(25)17-7-6-8-18(10-17)22-16(5)24/h6-10H,11H2,1-5H3,(H,22,24). The summed E-state index contributed by atoms with van der Waals surface area (Å²) in [5.41, 5.74) is 5.14. The van der Waals surface area contributed by atoms with E-state index in [2.05, 4.69) is 5.32 Å². The summed E-state index contributed by atoms with van der Waals surface area (Å²) in [6, 6.07) is 8.51. The summed E-state index contributed by atoms with van der Waals surface area (Å²) in [5, 5.41) is 2.63. The molecule has 0 spiro atoms. The Morgan fingerprint density at radius 3 is 2.31 bits per heavy atom. The van der Waals surface area contributed by atoms with Crippen molar-refractivity contribution in [3.05, 3.63) is 63.7 Å². The number of amides is 1. The molecule has 0 bridgehead atoms. The van der Waals surface area contributed by atoms with Crippen molar-refractivity contribution in [3.8, 4) is 0 Å². The quantitative estimate of drug-likeness (QED) is 0.648. The van der Waals surface area contributed by atoms with Crippen LogP contribution in [0.1, 0.15) is 56.8 Å². The molecule has 26 heavy (non-hydrogen) atoms. The fraction of sp³-hybridized carbons (Fsp3) is 0.286. The number of carbonyl (C=O) groups is 3. The predicted molar refractivity (Wildman–Crippen MR) is 101 cm³/mol. The summed E-state index contributed by atoms with van der Waals surface area (Å²) in [7, 11) is 0. The third kappa shape index (κ3) is 4.36. The first-order valence-corrected chi connectivity index (χ1v) is 8.36. The highest BCUT2D eigenvalue weighted by atomic mass is 16.5. The average Bonchev–Trinajstić information content (AvgIpc) is 2.53. The molecule has 0 unspecified atom stereocenters. The molecule has 0 fully saturated rings. The zero-order valence-electron chi connectivity index (χ0n) is 15.7. The number of hydrogen-bond donors (Lipinski definition) is 1. The number of esters is 1. The second-order valence-corrected chi connectivity index (χ2v) is 6.38. The average molecular weight is 353 g/mol. The number of hydrogen-bond acceptors (Lipinski definition) is 4. The fourth-order valence-corrected chi connectivity index (χ4v) is 3.14. The minimum absolute atomic E-state index is 0.00409. The lowest BCUT2D eigenvalue weighted by Gasteiger charge is -2.16. The van der Waals surface area contributed by atoms with Crippen LogP contribution in [0.3, 0.4) is 0 Å². The normalized spacial score (nSPS) is 10.3. The van der Waals surface area contributed by atoms with E-state index in [4.69, 9.17) is 4.74 Å². The van der Waals surface area contributed by atoms with Crippen molar-refractivity contribution in [2.45, 2.75) is 41.2 Å². The molecular formula is C21H23NO4. The third-order valence-electron chi connectivity index (χ3n) is 4.25. The summed E-state index contributed by atoms with van der Waals surface area (Å²) >= 11 is 0. The van der Waals surface area contributed by atoms with E-state index < -0.39 is 5.97 Å². The number of benzene rings is 2. The van der Waals surface area contributed by atoms with Gasteiger partial charge in [0.05, 0.1) is 5.56 Å². The van der Waals surface area contributed by atoms with Crippen LogP contribution in [0.25, 0.3) is 0 Å². The Labute approximate surface area is 153 Å². The number of carbonyl (C=O) groups excluding carboxylic acids is 3. The van der Waals surface area contributed by atoms with Gasteiger partial charge in [0.1, 0.15) is 6.61 Å². The molecule has 0 aliphatic heterocycles. The summed E-state index contributed by atoms with van der Waals surface area (Å²) in [4.78, 5) is 35.4. The second kappa shape index (κ2) is 7.95. The molecule has 0 aromatic heterocycles. The van der Waals surface area contributed by atoms with E-state index in [1.807, 2.05) is 26.8 Å². The molecule has 2 aromatic rings. The number of Topliss-reactive ketones (excluding diaryl/α,β-unsaturated/α-hetero) is 1. The van der Waals surface area contributed by atoms with E-state index in [9.17, 15) is 14.4 Å². The molecule has 2 rings (SSSR count). The maximum absolute atomic E-state index is 12.4. The van der Waals surface area contributed by atoms with Gasteiger partial charge >= 0.3 is 5.97 Å². The molecule has 0 aliphatic rings. The summed E-state index contributed by atoms with van der Waals surface area (Å²) in [5.74, 6) is -0.699. The lowest BCUT2D eigenvalue weighted by molar-refractivity contribution is -0.114. The largest absolute Gasteiger partial charge is 0.457 e. The number of aryl methyl sites for hydroxylation is 2. The number of anilines is 1. The fourth-order valence-electron chi connectivity index (χ4n) is 3.14. The van der Waals surface area contributed by atoms with Gasteiger partial charge in [-0.1, -0.05) is 12.1 Å². The van der Waals surface area contributed by atoms with Gasteiger partial charge in [-0.05, 0) is 68.1 Å². The van der Waals surface area contributed by atoms with Crippen molar-refractivity contribution in [2.75, 3.05) is 5.32 Å². The molecule has 2 aromatic carbocycles. The van der Waals surface area contributed by atoms with E-state index in [0.717, 1.165) is 22.3 Å². The van der Waals surface area contributed by atoms with Gasteiger partial charge in [-0.3, -0.25) is 9.59 Å². The molecule has 0 saturated heterocycles. The van der Waals surface area contributed by atoms with Gasteiger partial charge in [0.15, 0.2) is 5.78 Å². The van der Waals surface area contributed by atoms with E-state index in [1.54, 1.807) is 24.3 Å². The van der Waals surface area contributed by atoms with Gasteiger partial charge in [-0.2, -0.15) is 0 Å². The SMILES string of the molecule is CC(=O)Nc1cccc(C(=O)OCc2c(C)cc(C)c(C(C)=O)c2C)c1. The zero-order valence-corrected chi connectivity index (χ0v) is 15.7. The highest BCUT2D eigenvalue weighted by Crippen LogP contribution is 2.24. The molecule has 1 amide bonds. The summed E-state index contributed by atoms with van der Waals surface area (Å²) in [6.07, 6.45) is 0. The Balaban J connectivity index is 2.21. The minimum atomic E-state index is -0.485. The molecule has 0 atom stereocenters. The highest BCUT2D eigenvalue weighted by molar-refractivity contribution is 5.97. The van der Waals surface area contributed by atoms with Crippen molar-refractivity contribution >= 4 is 23.3 Å². The number of rotatable bonds is 5. The van der Waals surface area contributed by atoms with Crippen LogP contribution in [-0.4, -0.2) is 17.7 Å². The Hall–Kier alpha value is -2.95. The second-order valence-electron chi connectivity index (χ2n) is 6.38. The Morgan fingerprint density at radius 2 is 1.69 bits per heavy atom. The Morgan fingerprint density at radius 1 is 1.00 bits per heavy atom. The van der Waals surface area contributed by atoms with Crippen molar-refractivity contribution in [3.63, 3.8) is 0 Å². The molecule has 0 heterocycles. The van der Waals surface area contributed by atoms with Crippen molar-refractivity contribution < 1.29 is 19.1 Å².